The van der Waals surface area contributed by atoms with Gasteiger partial charge in [-0.1, -0.05) is 35.6 Å². The molecule has 1 aromatic heterocycles. The van der Waals surface area contributed by atoms with Crippen LogP contribution >= 0.6 is 11.3 Å². The number of fused-ring (bicyclic) bond motifs is 1. The Morgan fingerprint density at radius 1 is 1.12 bits per heavy atom. The molecular weight excluding hydrogens is 346 g/mol. The van der Waals surface area contributed by atoms with Crippen LogP contribution in [-0.2, 0) is 0 Å². The van der Waals surface area contributed by atoms with E-state index in [1.54, 1.807) is 12.0 Å². The molecule has 3 rings (SSSR count). The summed E-state index contributed by atoms with van der Waals surface area (Å²) < 4.78 is 6.50. The Bertz CT molecular complexity index is 906. The van der Waals surface area contributed by atoms with Crippen molar-refractivity contribution in [3.8, 4) is 5.75 Å². The average Bonchev–Trinajstić information content (AvgIpc) is 3.08. The fourth-order valence-corrected chi connectivity index (χ4v) is 3.78. The monoisotopic (exact) mass is 369 g/mol. The van der Waals surface area contributed by atoms with E-state index in [1.165, 1.54) is 11.3 Å². The number of benzene rings is 2. The highest BCUT2D eigenvalue weighted by Crippen LogP contribution is 2.36. The first-order valence-electron chi connectivity index (χ1n) is 8.47. The number of hydrogen-bond acceptors (Lipinski definition) is 5. The number of thiazole rings is 1. The van der Waals surface area contributed by atoms with E-state index in [-0.39, 0.29) is 5.91 Å². The van der Waals surface area contributed by atoms with Crippen LogP contribution in [0.1, 0.15) is 15.9 Å². The van der Waals surface area contributed by atoms with E-state index in [9.17, 15) is 4.79 Å². The standard InChI is InChI=1S/C20H23N3O2S/c1-14-10-11-16(25-4)17-18(14)26-20(21-17)23(13-12-22(2)3)19(24)15-8-6-5-7-9-15/h5-11H,12-13H2,1-4H3. The van der Waals surface area contributed by atoms with Crippen molar-refractivity contribution in [2.24, 2.45) is 0 Å². The molecule has 0 aliphatic rings. The lowest BCUT2D eigenvalue weighted by molar-refractivity contribution is 0.0985. The second kappa shape index (κ2) is 7.85. The Morgan fingerprint density at radius 3 is 2.50 bits per heavy atom. The molecule has 0 radical (unpaired) electrons. The van der Waals surface area contributed by atoms with Gasteiger partial charge in [-0.3, -0.25) is 9.69 Å². The number of methoxy groups -OCH3 is 1. The van der Waals surface area contributed by atoms with Crippen molar-refractivity contribution in [2.45, 2.75) is 6.92 Å². The molecule has 0 atom stereocenters. The van der Waals surface area contributed by atoms with E-state index in [2.05, 4.69) is 4.90 Å². The summed E-state index contributed by atoms with van der Waals surface area (Å²) in [5.41, 5.74) is 2.60. The number of carbonyl (C=O) groups excluding carboxylic acids is 1. The molecule has 136 valence electrons. The van der Waals surface area contributed by atoms with Gasteiger partial charge in [-0.25, -0.2) is 4.98 Å². The molecule has 0 spiro atoms. The fourth-order valence-electron chi connectivity index (χ4n) is 2.70. The molecular formula is C20H23N3O2S. The Hall–Kier alpha value is -2.44. The first-order chi connectivity index (χ1) is 12.5. The highest BCUT2D eigenvalue weighted by atomic mass is 32.1. The number of likely N-dealkylation sites (N-methyl/N-ethyl adjacent to an activating group) is 1. The van der Waals surface area contributed by atoms with Gasteiger partial charge in [0, 0.05) is 18.7 Å². The van der Waals surface area contributed by atoms with E-state index >= 15 is 0 Å². The highest BCUT2D eigenvalue weighted by Gasteiger charge is 2.22. The maximum atomic E-state index is 13.1. The molecule has 0 N–H and O–H groups in total. The Balaban J connectivity index is 2.05. The van der Waals surface area contributed by atoms with Crippen molar-refractivity contribution >= 4 is 32.6 Å². The maximum absolute atomic E-state index is 13.1. The Labute approximate surface area is 157 Å². The number of rotatable bonds is 6. The summed E-state index contributed by atoms with van der Waals surface area (Å²) in [7, 11) is 5.63. The number of carbonyl (C=O) groups is 1. The normalized spacial score (nSPS) is 11.1. The molecule has 6 heteroatoms. The molecule has 0 aliphatic heterocycles. The van der Waals surface area contributed by atoms with Crippen molar-refractivity contribution < 1.29 is 9.53 Å². The molecule has 0 bridgehead atoms. The smallest absolute Gasteiger partial charge is 0.260 e. The number of nitrogens with zero attached hydrogens (tertiary/aromatic N) is 3. The van der Waals surface area contributed by atoms with Gasteiger partial charge in [-0.2, -0.15) is 0 Å². The first kappa shape index (κ1) is 18.4. The van der Waals surface area contributed by atoms with Crippen LogP contribution in [0.25, 0.3) is 10.2 Å². The van der Waals surface area contributed by atoms with Crippen molar-refractivity contribution in [2.75, 3.05) is 39.2 Å². The van der Waals surface area contributed by atoms with Gasteiger partial charge in [-0.05, 0) is 44.8 Å². The molecule has 0 unspecified atom stereocenters. The second-order valence-electron chi connectivity index (χ2n) is 6.38. The first-order valence-corrected chi connectivity index (χ1v) is 9.28. The van der Waals surface area contributed by atoms with Crippen molar-refractivity contribution in [3.63, 3.8) is 0 Å². The molecule has 26 heavy (non-hydrogen) atoms. The summed E-state index contributed by atoms with van der Waals surface area (Å²) in [6, 6.07) is 13.3. The summed E-state index contributed by atoms with van der Waals surface area (Å²) in [6.45, 7) is 3.37. The molecule has 5 nitrogen and oxygen atoms in total. The van der Waals surface area contributed by atoms with Crippen molar-refractivity contribution in [3.05, 3.63) is 53.6 Å². The second-order valence-corrected chi connectivity index (χ2v) is 7.36. The van der Waals surface area contributed by atoms with Crippen LogP contribution in [0, 0.1) is 6.92 Å². The minimum atomic E-state index is -0.0388. The number of amides is 1. The van der Waals surface area contributed by atoms with Crippen LogP contribution in [0.5, 0.6) is 5.75 Å². The van der Waals surface area contributed by atoms with Crippen LogP contribution < -0.4 is 9.64 Å². The summed E-state index contributed by atoms with van der Waals surface area (Å²) in [5.74, 6) is 0.691. The van der Waals surface area contributed by atoms with E-state index in [1.807, 2.05) is 63.5 Å². The summed E-state index contributed by atoms with van der Waals surface area (Å²) in [4.78, 5) is 21.7. The van der Waals surface area contributed by atoms with E-state index < -0.39 is 0 Å². The maximum Gasteiger partial charge on any atom is 0.260 e. The quantitative estimate of drug-likeness (QED) is 0.663. The lowest BCUT2D eigenvalue weighted by Gasteiger charge is -2.22. The topological polar surface area (TPSA) is 45.7 Å². The molecule has 2 aromatic carbocycles. The SMILES string of the molecule is COc1ccc(C)c2sc(N(CCN(C)C)C(=O)c3ccccc3)nc12. The van der Waals surface area contributed by atoms with E-state index in [0.717, 1.165) is 28.1 Å². The summed E-state index contributed by atoms with van der Waals surface area (Å²) >= 11 is 1.53. The molecule has 0 saturated carbocycles. The lowest BCUT2D eigenvalue weighted by atomic mass is 10.2. The van der Waals surface area contributed by atoms with Crippen molar-refractivity contribution in [1.82, 2.24) is 9.88 Å². The van der Waals surface area contributed by atoms with Crippen LogP contribution in [0.2, 0.25) is 0 Å². The van der Waals surface area contributed by atoms with E-state index in [4.69, 9.17) is 9.72 Å². The Morgan fingerprint density at radius 2 is 1.85 bits per heavy atom. The van der Waals surface area contributed by atoms with Gasteiger partial charge in [0.05, 0.1) is 11.8 Å². The van der Waals surface area contributed by atoms with E-state index in [0.29, 0.717) is 17.2 Å². The minimum Gasteiger partial charge on any atom is -0.494 e. The highest BCUT2D eigenvalue weighted by molar-refractivity contribution is 7.22. The summed E-state index contributed by atoms with van der Waals surface area (Å²) in [6.07, 6.45) is 0. The Kier molecular flexibility index (Phi) is 5.54. The zero-order valence-corrected chi connectivity index (χ0v) is 16.3. The summed E-state index contributed by atoms with van der Waals surface area (Å²) in [5, 5.41) is 0.698. The van der Waals surface area contributed by atoms with Crippen LogP contribution in [0.15, 0.2) is 42.5 Å². The third-order valence-corrected chi connectivity index (χ3v) is 5.39. The zero-order chi connectivity index (χ0) is 18.7. The lowest BCUT2D eigenvalue weighted by Crippen LogP contribution is -2.36. The van der Waals surface area contributed by atoms with Gasteiger partial charge in [0.15, 0.2) is 5.13 Å². The third kappa shape index (κ3) is 3.71. The molecule has 1 heterocycles. The molecule has 0 aliphatic carbocycles. The van der Waals surface area contributed by atoms with Gasteiger partial charge < -0.3 is 9.64 Å². The number of anilines is 1. The molecule has 3 aromatic rings. The predicted molar refractivity (Wildman–Crippen MR) is 108 cm³/mol. The van der Waals surface area contributed by atoms with Gasteiger partial charge in [0.2, 0.25) is 0 Å². The predicted octanol–water partition coefficient (Wildman–Crippen LogP) is 3.82. The average molecular weight is 369 g/mol. The number of ether oxygens (including phenoxy) is 1. The molecule has 0 saturated heterocycles. The van der Waals surface area contributed by atoms with Gasteiger partial charge >= 0.3 is 0 Å². The third-order valence-electron chi connectivity index (χ3n) is 4.18. The van der Waals surface area contributed by atoms with Crippen molar-refractivity contribution in [1.29, 1.82) is 0 Å². The van der Waals surface area contributed by atoms with Crippen LogP contribution in [-0.4, -0.2) is 50.1 Å². The van der Waals surface area contributed by atoms with Crippen LogP contribution in [0.4, 0.5) is 5.13 Å². The number of hydrogen-bond donors (Lipinski definition) is 0. The van der Waals surface area contributed by atoms with Crippen LogP contribution in [0.3, 0.4) is 0 Å². The zero-order valence-electron chi connectivity index (χ0n) is 15.5. The molecule has 1 amide bonds. The number of aromatic nitrogens is 1. The fraction of sp³-hybridized carbons (Fsp3) is 0.300. The minimum absolute atomic E-state index is 0.0388. The van der Waals surface area contributed by atoms with Gasteiger partial charge in [0.25, 0.3) is 5.91 Å². The van der Waals surface area contributed by atoms with Gasteiger partial charge in [-0.15, -0.1) is 0 Å². The largest absolute Gasteiger partial charge is 0.494 e. The molecule has 0 fully saturated rings. The number of aryl methyl sites for hydroxylation is 1. The van der Waals surface area contributed by atoms with Gasteiger partial charge in [0.1, 0.15) is 11.3 Å².